The maximum atomic E-state index is 14.3. The van der Waals surface area contributed by atoms with Crippen molar-refractivity contribution in [2.45, 2.75) is 44.6 Å². The molecule has 2 saturated carbocycles. The first-order chi connectivity index (χ1) is 17.3. The van der Waals surface area contributed by atoms with Crippen molar-refractivity contribution in [1.82, 2.24) is 10.2 Å². The number of benzene rings is 2. The molecule has 0 unspecified atom stereocenters. The molecule has 9 heteroatoms. The van der Waals surface area contributed by atoms with E-state index in [2.05, 4.69) is 5.32 Å². The number of nitrogens with one attached hydrogen (secondary N) is 1. The minimum atomic E-state index is -1.02. The Balaban J connectivity index is 1.14. The van der Waals surface area contributed by atoms with Crippen LogP contribution in [0.2, 0.25) is 5.02 Å². The van der Waals surface area contributed by atoms with Gasteiger partial charge >= 0.3 is 0 Å². The Morgan fingerprint density at radius 3 is 2.47 bits per heavy atom. The molecule has 0 bridgehead atoms. The Labute approximate surface area is 213 Å². The minimum Gasteiger partial charge on any atom is -0.493 e. The number of carbonyl (C=O) groups is 2. The summed E-state index contributed by atoms with van der Waals surface area (Å²) in [6.45, 7) is 1.51. The molecule has 36 heavy (non-hydrogen) atoms. The zero-order chi connectivity index (χ0) is 25.4. The predicted molar refractivity (Wildman–Crippen MR) is 131 cm³/mol. The third-order valence-electron chi connectivity index (χ3n) is 7.58. The molecule has 0 aromatic heterocycles. The average Bonchev–Trinajstić information content (AvgIpc) is 3.68. The molecule has 1 N–H and O–H groups in total. The fraction of sp³-hybridized carbons (Fsp3) is 0.481. The molecule has 2 aliphatic carbocycles. The lowest BCUT2D eigenvalue weighted by atomic mass is 9.67. The summed E-state index contributed by atoms with van der Waals surface area (Å²) in [7, 11) is 1.58. The molecule has 1 aliphatic heterocycles. The Bertz CT molecular complexity index is 1170. The van der Waals surface area contributed by atoms with Gasteiger partial charge in [0.1, 0.15) is 11.4 Å². The van der Waals surface area contributed by atoms with Gasteiger partial charge in [0.25, 0.3) is 11.8 Å². The number of carbonyl (C=O) groups excluding carboxylic acids is 2. The van der Waals surface area contributed by atoms with E-state index < -0.39 is 23.1 Å². The molecule has 192 valence electrons. The highest BCUT2D eigenvalue weighted by molar-refractivity contribution is 6.31. The van der Waals surface area contributed by atoms with Crippen LogP contribution in [0.5, 0.6) is 11.5 Å². The van der Waals surface area contributed by atoms with E-state index in [-0.39, 0.29) is 22.4 Å². The Kier molecular flexibility index (Phi) is 6.81. The van der Waals surface area contributed by atoms with Crippen LogP contribution in [0.1, 0.15) is 59.2 Å². The van der Waals surface area contributed by atoms with Crippen LogP contribution < -0.4 is 14.8 Å². The largest absolute Gasteiger partial charge is 0.493 e. The lowest BCUT2D eigenvalue weighted by molar-refractivity contribution is -0.0203. The van der Waals surface area contributed by atoms with Crippen LogP contribution in [-0.2, 0) is 0 Å². The van der Waals surface area contributed by atoms with Gasteiger partial charge in [-0.05, 0) is 74.8 Å². The molecule has 6 nitrogen and oxygen atoms in total. The maximum Gasteiger partial charge on any atom is 0.259 e. The molecule has 5 rings (SSSR count). The van der Waals surface area contributed by atoms with Crippen LogP contribution in [-0.4, -0.2) is 49.6 Å². The summed E-state index contributed by atoms with van der Waals surface area (Å²) in [6.07, 6.45) is 5.53. The quantitative estimate of drug-likeness (QED) is 0.510. The molecule has 1 heterocycles. The SMILES string of the molecule is COc1ccc(C(=O)NC2CCC3(CC2)CN(C(=O)c2c(F)ccc(Cl)c2F)C3)cc1OCC1CC1. The molecule has 3 fully saturated rings. The van der Waals surface area contributed by atoms with E-state index in [0.29, 0.717) is 42.7 Å². The molecule has 2 aromatic rings. The lowest BCUT2D eigenvalue weighted by Gasteiger charge is -2.53. The second kappa shape index (κ2) is 9.88. The average molecular weight is 519 g/mol. The van der Waals surface area contributed by atoms with Gasteiger partial charge in [0.05, 0.1) is 18.7 Å². The zero-order valence-electron chi connectivity index (χ0n) is 20.1. The summed E-state index contributed by atoms with van der Waals surface area (Å²) in [5.74, 6) is -0.995. The molecule has 1 spiro atoms. The van der Waals surface area contributed by atoms with Gasteiger partial charge in [-0.15, -0.1) is 0 Å². The summed E-state index contributed by atoms with van der Waals surface area (Å²) in [5.41, 5.74) is -0.155. The van der Waals surface area contributed by atoms with Crippen LogP contribution in [0, 0.1) is 23.0 Å². The van der Waals surface area contributed by atoms with Crippen molar-refractivity contribution in [3.8, 4) is 11.5 Å². The monoisotopic (exact) mass is 518 g/mol. The fourth-order valence-corrected chi connectivity index (χ4v) is 5.33. The topological polar surface area (TPSA) is 67.9 Å². The van der Waals surface area contributed by atoms with E-state index in [4.69, 9.17) is 21.1 Å². The van der Waals surface area contributed by atoms with Crippen LogP contribution in [0.25, 0.3) is 0 Å². The number of halogens is 3. The number of hydrogen-bond acceptors (Lipinski definition) is 4. The highest BCUT2D eigenvalue weighted by Gasteiger charge is 2.48. The second-order valence-corrected chi connectivity index (χ2v) is 10.7. The van der Waals surface area contributed by atoms with Gasteiger partial charge in [0, 0.05) is 30.1 Å². The van der Waals surface area contributed by atoms with Crippen molar-refractivity contribution in [2.75, 3.05) is 26.8 Å². The highest BCUT2D eigenvalue weighted by atomic mass is 35.5. The van der Waals surface area contributed by atoms with Gasteiger partial charge in [-0.2, -0.15) is 0 Å². The van der Waals surface area contributed by atoms with Gasteiger partial charge in [-0.25, -0.2) is 8.78 Å². The Morgan fingerprint density at radius 2 is 1.81 bits per heavy atom. The van der Waals surface area contributed by atoms with E-state index in [9.17, 15) is 18.4 Å². The smallest absolute Gasteiger partial charge is 0.259 e. The van der Waals surface area contributed by atoms with Crippen molar-refractivity contribution in [1.29, 1.82) is 0 Å². The molecule has 2 amide bonds. The summed E-state index contributed by atoms with van der Waals surface area (Å²) >= 11 is 5.73. The normalized spacial score (nSPS) is 19.1. The summed E-state index contributed by atoms with van der Waals surface area (Å²) in [5, 5.41) is 2.84. The standard InChI is InChI=1S/C27H29ClF2N2O4/c1-35-21-7-4-17(12-22(21)36-13-16-2-3-16)25(33)31-18-8-10-27(11-9-18)14-32(15-27)26(34)23-20(29)6-5-19(28)24(23)30/h4-7,12,16,18H,2-3,8-11,13-15H2,1H3,(H,31,33). The minimum absolute atomic E-state index is 0.0219. The molecule has 1 saturated heterocycles. The number of amides is 2. The van der Waals surface area contributed by atoms with Crippen molar-refractivity contribution in [3.63, 3.8) is 0 Å². The fourth-order valence-electron chi connectivity index (χ4n) is 5.17. The van der Waals surface area contributed by atoms with Crippen LogP contribution in [0.3, 0.4) is 0 Å². The first-order valence-corrected chi connectivity index (χ1v) is 12.7. The summed E-state index contributed by atoms with van der Waals surface area (Å²) in [6, 6.07) is 7.33. The number of nitrogens with zero attached hydrogens (tertiary/aromatic N) is 1. The van der Waals surface area contributed by atoms with Gasteiger partial charge in [-0.3, -0.25) is 9.59 Å². The predicted octanol–water partition coefficient (Wildman–Crippen LogP) is 5.23. The van der Waals surface area contributed by atoms with E-state index in [0.717, 1.165) is 37.8 Å². The molecule has 0 atom stereocenters. The number of methoxy groups -OCH3 is 1. The van der Waals surface area contributed by atoms with E-state index >= 15 is 0 Å². The number of ether oxygens (including phenoxy) is 2. The van der Waals surface area contributed by atoms with Gasteiger partial charge in [-0.1, -0.05) is 11.6 Å². The lowest BCUT2D eigenvalue weighted by Crippen LogP contribution is -2.60. The van der Waals surface area contributed by atoms with Crippen molar-refractivity contribution in [3.05, 3.63) is 58.1 Å². The van der Waals surface area contributed by atoms with Crippen LogP contribution >= 0.6 is 11.6 Å². The number of rotatable bonds is 7. The molecule has 2 aromatic carbocycles. The third kappa shape index (κ3) is 5.01. The van der Waals surface area contributed by atoms with Crippen LogP contribution in [0.4, 0.5) is 8.78 Å². The summed E-state index contributed by atoms with van der Waals surface area (Å²) < 4.78 is 39.6. The third-order valence-corrected chi connectivity index (χ3v) is 7.87. The Morgan fingerprint density at radius 1 is 1.08 bits per heavy atom. The van der Waals surface area contributed by atoms with E-state index in [1.165, 1.54) is 17.7 Å². The highest BCUT2D eigenvalue weighted by Crippen LogP contribution is 2.45. The maximum absolute atomic E-state index is 14.3. The van der Waals surface area contributed by atoms with Gasteiger partial charge < -0.3 is 19.7 Å². The molecular weight excluding hydrogens is 490 g/mol. The first kappa shape index (κ1) is 24.8. The number of hydrogen-bond donors (Lipinski definition) is 1. The van der Waals surface area contributed by atoms with Gasteiger partial charge in [0.2, 0.25) is 0 Å². The van der Waals surface area contributed by atoms with Crippen molar-refractivity contribution < 1.29 is 27.8 Å². The van der Waals surface area contributed by atoms with Crippen molar-refractivity contribution in [2.24, 2.45) is 11.3 Å². The molecular formula is C27H29ClF2N2O4. The van der Waals surface area contributed by atoms with Crippen LogP contribution in [0.15, 0.2) is 30.3 Å². The zero-order valence-corrected chi connectivity index (χ0v) is 20.9. The molecule has 0 radical (unpaired) electrons. The summed E-state index contributed by atoms with van der Waals surface area (Å²) in [4.78, 5) is 27.1. The molecule has 3 aliphatic rings. The van der Waals surface area contributed by atoms with E-state index in [1.807, 2.05) is 0 Å². The number of likely N-dealkylation sites (tertiary alicyclic amines) is 1. The second-order valence-electron chi connectivity index (χ2n) is 10.2. The van der Waals surface area contributed by atoms with Crippen molar-refractivity contribution >= 4 is 23.4 Å². The Hall–Kier alpha value is -2.87. The van der Waals surface area contributed by atoms with E-state index in [1.54, 1.807) is 25.3 Å². The van der Waals surface area contributed by atoms with Gasteiger partial charge in [0.15, 0.2) is 17.3 Å². The first-order valence-electron chi connectivity index (χ1n) is 12.3.